The fourth-order valence-corrected chi connectivity index (χ4v) is 3.23. The van der Waals surface area contributed by atoms with E-state index in [2.05, 4.69) is 5.32 Å². The van der Waals surface area contributed by atoms with Crippen LogP contribution in [-0.4, -0.2) is 35.8 Å². The van der Waals surface area contributed by atoms with E-state index in [0.29, 0.717) is 17.1 Å². The number of esters is 1. The Morgan fingerprint density at radius 1 is 1.28 bits per heavy atom. The number of benzene rings is 2. The zero-order valence-electron chi connectivity index (χ0n) is 15.8. The number of ether oxygens (including phenoxy) is 1. The Labute approximate surface area is 172 Å². The van der Waals surface area contributed by atoms with Crippen molar-refractivity contribution in [1.82, 2.24) is 4.90 Å². The number of hydrogen-bond acceptors (Lipinski definition) is 4. The van der Waals surface area contributed by atoms with E-state index in [4.69, 9.17) is 16.3 Å². The number of amides is 2. The van der Waals surface area contributed by atoms with E-state index in [1.54, 1.807) is 30.0 Å². The maximum Gasteiger partial charge on any atom is 0.311 e. The highest BCUT2D eigenvalue weighted by atomic mass is 35.5. The number of hydrogen-bond donors (Lipinski definition) is 1. The van der Waals surface area contributed by atoms with Gasteiger partial charge in [0.15, 0.2) is 6.61 Å². The zero-order chi connectivity index (χ0) is 21.0. The molecular weight excluding hydrogens is 399 g/mol. The van der Waals surface area contributed by atoms with Crippen LogP contribution in [0.5, 0.6) is 0 Å². The van der Waals surface area contributed by atoms with E-state index < -0.39 is 30.2 Å². The van der Waals surface area contributed by atoms with Gasteiger partial charge in [-0.2, -0.15) is 0 Å². The molecule has 1 aliphatic heterocycles. The molecule has 0 spiro atoms. The number of anilines is 1. The third kappa shape index (κ3) is 5.32. The van der Waals surface area contributed by atoms with Crippen LogP contribution in [0.2, 0.25) is 5.02 Å². The average Bonchev–Trinajstić information content (AvgIpc) is 3.05. The van der Waals surface area contributed by atoms with Crippen molar-refractivity contribution in [3.05, 3.63) is 64.4 Å². The SMILES string of the molecule is Cc1ccc(NC(=O)COC(=O)[C@H]2CC(=O)N(Cc3ccccc3Cl)C2)cc1F. The number of aryl methyl sites for hydroxylation is 1. The fourth-order valence-electron chi connectivity index (χ4n) is 3.04. The van der Waals surface area contributed by atoms with Crippen molar-refractivity contribution in [1.29, 1.82) is 0 Å². The minimum Gasteiger partial charge on any atom is -0.455 e. The first kappa shape index (κ1) is 20.8. The normalized spacial score (nSPS) is 16.0. The van der Waals surface area contributed by atoms with Gasteiger partial charge in [-0.05, 0) is 36.2 Å². The van der Waals surface area contributed by atoms with E-state index in [1.807, 2.05) is 12.1 Å². The van der Waals surface area contributed by atoms with Gasteiger partial charge in [-0.1, -0.05) is 35.9 Å². The van der Waals surface area contributed by atoms with Crippen molar-refractivity contribution in [2.45, 2.75) is 19.9 Å². The van der Waals surface area contributed by atoms with Gasteiger partial charge in [0, 0.05) is 30.2 Å². The summed E-state index contributed by atoms with van der Waals surface area (Å²) in [4.78, 5) is 37.9. The molecule has 0 saturated carbocycles. The molecule has 1 N–H and O–H groups in total. The first-order valence-electron chi connectivity index (χ1n) is 9.07. The maximum atomic E-state index is 13.5. The summed E-state index contributed by atoms with van der Waals surface area (Å²) in [7, 11) is 0. The number of rotatable bonds is 6. The zero-order valence-corrected chi connectivity index (χ0v) is 16.5. The van der Waals surface area contributed by atoms with Crippen LogP contribution in [0.15, 0.2) is 42.5 Å². The number of carbonyl (C=O) groups excluding carboxylic acids is 3. The molecule has 0 aromatic heterocycles. The Kier molecular flexibility index (Phi) is 6.49. The molecule has 1 aliphatic rings. The number of halogens is 2. The summed E-state index contributed by atoms with van der Waals surface area (Å²) < 4.78 is 18.6. The number of likely N-dealkylation sites (tertiary alicyclic amines) is 1. The Balaban J connectivity index is 1.49. The molecule has 29 heavy (non-hydrogen) atoms. The highest BCUT2D eigenvalue weighted by molar-refractivity contribution is 6.31. The van der Waals surface area contributed by atoms with Crippen LogP contribution < -0.4 is 5.32 Å². The molecule has 1 fully saturated rings. The second-order valence-electron chi connectivity index (χ2n) is 6.89. The van der Waals surface area contributed by atoms with Crippen molar-refractivity contribution in [2.75, 3.05) is 18.5 Å². The van der Waals surface area contributed by atoms with Crippen LogP contribution in [0.3, 0.4) is 0 Å². The van der Waals surface area contributed by atoms with Crippen LogP contribution in [0.4, 0.5) is 10.1 Å². The lowest BCUT2D eigenvalue weighted by Crippen LogP contribution is -2.28. The summed E-state index contributed by atoms with van der Waals surface area (Å²) in [6.07, 6.45) is 0.0219. The second-order valence-corrected chi connectivity index (χ2v) is 7.29. The maximum absolute atomic E-state index is 13.5. The van der Waals surface area contributed by atoms with Crippen LogP contribution in [0.1, 0.15) is 17.5 Å². The molecule has 152 valence electrons. The molecule has 1 saturated heterocycles. The monoisotopic (exact) mass is 418 g/mol. The molecule has 2 aromatic rings. The Morgan fingerprint density at radius 3 is 2.76 bits per heavy atom. The molecule has 0 radical (unpaired) electrons. The molecule has 3 rings (SSSR count). The Morgan fingerprint density at radius 2 is 2.03 bits per heavy atom. The van der Waals surface area contributed by atoms with Gasteiger partial charge >= 0.3 is 5.97 Å². The van der Waals surface area contributed by atoms with Crippen molar-refractivity contribution in [3.8, 4) is 0 Å². The van der Waals surface area contributed by atoms with Crippen molar-refractivity contribution >= 4 is 35.1 Å². The minimum atomic E-state index is -0.644. The number of carbonyl (C=O) groups is 3. The van der Waals surface area contributed by atoms with Gasteiger partial charge in [-0.3, -0.25) is 14.4 Å². The van der Waals surface area contributed by atoms with Crippen LogP contribution >= 0.6 is 11.6 Å². The number of nitrogens with zero attached hydrogens (tertiary/aromatic N) is 1. The van der Waals surface area contributed by atoms with Gasteiger partial charge in [-0.15, -0.1) is 0 Å². The van der Waals surface area contributed by atoms with Gasteiger partial charge in [0.25, 0.3) is 5.91 Å². The molecule has 6 nitrogen and oxygen atoms in total. The van der Waals surface area contributed by atoms with E-state index >= 15 is 0 Å². The Hall–Kier alpha value is -2.93. The first-order valence-corrected chi connectivity index (χ1v) is 9.45. The van der Waals surface area contributed by atoms with E-state index in [9.17, 15) is 18.8 Å². The topological polar surface area (TPSA) is 75.7 Å². The molecule has 1 heterocycles. The van der Waals surface area contributed by atoms with Gasteiger partial charge < -0.3 is 15.0 Å². The largest absolute Gasteiger partial charge is 0.455 e. The van der Waals surface area contributed by atoms with Crippen molar-refractivity contribution < 1.29 is 23.5 Å². The molecule has 0 aliphatic carbocycles. The van der Waals surface area contributed by atoms with Crippen molar-refractivity contribution in [2.24, 2.45) is 5.92 Å². The summed E-state index contributed by atoms with van der Waals surface area (Å²) in [6.45, 7) is 1.61. The average molecular weight is 419 g/mol. The minimum absolute atomic E-state index is 0.0219. The van der Waals surface area contributed by atoms with E-state index in [0.717, 1.165) is 5.56 Å². The standard InChI is InChI=1S/C21H20ClFN2O4/c1-13-6-7-16(9-18(13)23)24-19(26)12-29-21(28)15-8-20(27)25(11-15)10-14-4-2-3-5-17(14)22/h2-7,9,15H,8,10-12H2,1H3,(H,24,26)/t15-/m0/s1. The summed E-state index contributed by atoms with van der Waals surface area (Å²) in [6, 6.07) is 11.5. The fraction of sp³-hybridized carbons (Fsp3) is 0.286. The first-order chi connectivity index (χ1) is 13.8. The molecule has 2 amide bonds. The van der Waals surface area contributed by atoms with Crippen LogP contribution in [-0.2, 0) is 25.7 Å². The molecule has 8 heteroatoms. The van der Waals surface area contributed by atoms with Crippen molar-refractivity contribution in [3.63, 3.8) is 0 Å². The quantitative estimate of drug-likeness (QED) is 0.730. The van der Waals surface area contributed by atoms with E-state index in [-0.39, 0.29) is 24.6 Å². The van der Waals surface area contributed by atoms with Gasteiger partial charge in [0.05, 0.1) is 5.92 Å². The highest BCUT2D eigenvalue weighted by Gasteiger charge is 2.35. The lowest BCUT2D eigenvalue weighted by molar-refractivity contribution is -0.151. The summed E-state index contributed by atoms with van der Waals surface area (Å²) >= 11 is 6.12. The third-order valence-electron chi connectivity index (χ3n) is 4.67. The van der Waals surface area contributed by atoms with Crippen LogP contribution in [0, 0.1) is 18.7 Å². The molecule has 1 atom stereocenters. The lowest BCUT2D eigenvalue weighted by atomic mass is 10.1. The van der Waals surface area contributed by atoms with Gasteiger partial charge in [0.2, 0.25) is 5.91 Å². The smallest absolute Gasteiger partial charge is 0.311 e. The number of nitrogens with one attached hydrogen (secondary N) is 1. The summed E-state index contributed by atoms with van der Waals surface area (Å²) in [5, 5.41) is 3.02. The lowest BCUT2D eigenvalue weighted by Gasteiger charge is -2.17. The second kappa shape index (κ2) is 9.05. The molecule has 2 aromatic carbocycles. The molecule has 0 unspecified atom stereocenters. The predicted octanol–water partition coefficient (Wildman–Crippen LogP) is 3.32. The highest BCUT2D eigenvalue weighted by Crippen LogP contribution is 2.24. The molecule has 0 bridgehead atoms. The van der Waals surface area contributed by atoms with Gasteiger partial charge in [-0.25, -0.2) is 4.39 Å². The van der Waals surface area contributed by atoms with Gasteiger partial charge in [0.1, 0.15) is 5.82 Å². The Bertz CT molecular complexity index is 950. The van der Waals surface area contributed by atoms with Crippen LogP contribution in [0.25, 0.3) is 0 Å². The summed E-state index contributed by atoms with van der Waals surface area (Å²) in [5.41, 5.74) is 1.53. The third-order valence-corrected chi connectivity index (χ3v) is 5.04. The van der Waals surface area contributed by atoms with E-state index in [1.165, 1.54) is 12.1 Å². The predicted molar refractivity (Wildman–Crippen MR) is 106 cm³/mol. The summed E-state index contributed by atoms with van der Waals surface area (Å²) in [5.74, 6) is -2.46. The molecular formula is C21H20ClFN2O4.